The first-order valence-corrected chi connectivity index (χ1v) is 22.0. The molecule has 4 heteroatoms. The van der Waals surface area contributed by atoms with E-state index >= 15 is 0 Å². The second kappa shape index (κ2) is 31.5. The first-order chi connectivity index (χ1) is 24.7. The number of carbonyl (C=O) groups excluding carboxylic acids is 1. The second-order valence-electron chi connectivity index (χ2n) is 14.3. The number of ether oxygens (including phenoxy) is 2. The highest BCUT2D eigenvalue weighted by Crippen LogP contribution is 2.30. The van der Waals surface area contributed by atoms with Gasteiger partial charge < -0.3 is 9.47 Å². The summed E-state index contributed by atoms with van der Waals surface area (Å²) in [6, 6.07) is 14.0. The van der Waals surface area contributed by atoms with Gasteiger partial charge in [0.2, 0.25) is 0 Å². The number of rotatable bonds is 34. The zero-order valence-corrected chi connectivity index (χ0v) is 33.4. The molecule has 282 valence electrons. The fraction of sp³-hybridized carbons (Fsp3) is 0.674. The number of thioether (sulfide) groups is 1. The van der Waals surface area contributed by atoms with Gasteiger partial charge in [0.25, 0.3) is 0 Å². The molecule has 2 rings (SSSR count). The van der Waals surface area contributed by atoms with Crippen LogP contribution in [0.25, 0.3) is 6.08 Å². The van der Waals surface area contributed by atoms with E-state index in [0.717, 1.165) is 42.1 Å². The Kier molecular flexibility index (Phi) is 27.7. The number of ketones is 1. The smallest absolute Gasteiger partial charge is 0.185 e. The predicted molar refractivity (Wildman–Crippen MR) is 220 cm³/mol. The SMILES string of the molecule is CCCCCCCCCCCCCCOc1ccc(/C=C/C(=O)c2ccc(SCCC)cc2)cc1OCCCCCCCCCCCCCC. The molecule has 2 aromatic carbocycles. The highest BCUT2D eigenvalue weighted by atomic mass is 32.2. The summed E-state index contributed by atoms with van der Waals surface area (Å²) in [6.07, 6.45) is 36.7. The average molecular weight is 707 g/mol. The monoisotopic (exact) mass is 707 g/mol. The fourth-order valence-corrected chi connectivity index (χ4v) is 7.08. The summed E-state index contributed by atoms with van der Waals surface area (Å²) in [5.74, 6) is 2.72. The lowest BCUT2D eigenvalue weighted by Gasteiger charge is -2.14. The Morgan fingerprint density at radius 2 is 0.960 bits per heavy atom. The van der Waals surface area contributed by atoms with Crippen LogP contribution in [-0.4, -0.2) is 24.7 Å². The van der Waals surface area contributed by atoms with Crippen LogP contribution < -0.4 is 9.47 Å². The van der Waals surface area contributed by atoms with Crippen LogP contribution in [-0.2, 0) is 0 Å². The third-order valence-electron chi connectivity index (χ3n) is 9.52. The number of unbranched alkanes of at least 4 members (excludes halogenated alkanes) is 22. The van der Waals surface area contributed by atoms with E-state index in [2.05, 4.69) is 20.8 Å². The molecule has 0 atom stereocenters. The molecule has 0 heterocycles. The minimum atomic E-state index is 0.0169. The van der Waals surface area contributed by atoms with E-state index in [4.69, 9.17) is 9.47 Å². The second-order valence-corrected chi connectivity index (χ2v) is 15.4. The number of hydrogen-bond acceptors (Lipinski definition) is 4. The molecule has 0 aliphatic heterocycles. The molecular formula is C46H74O3S. The Labute approximate surface area is 313 Å². The van der Waals surface area contributed by atoms with Gasteiger partial charge in [0.1, 0.15) is 0 Å². The number of allylic oxidation sites excluding steroid dienone is 1. The van der Waals surface area contributed by atoms with Gasteiger partial charge in [-0.2, -0.15) is 0 Å². The van der Waals surface area contributed by atoms with Crippen molar-refractivity contribution in [3.8, 4) is 11.5 Å². The normalized spacial score (nSPS) is 11.4. The minimum Gasteiger partial charge on any atom is -0.490 e. The first kappa shape index (κ1) is 44.0. The van der Waals surface area contributed by atoms with Crippen molar-refractivity contribution in [1.29, 1.82) is 0 Å². The molecule has 0 spiro atoms. The van der Waals surface area contributed by atoms with E-state index < -0.39 is 0 Å². The van der Waals surface area contributed by atoms with Gasteiger partial charge in [-0.25, -0.2) is 0 Å². The fourth-order valence-electron chi connectivity index (χ4n) is 6.31. The van der Waals surface area contributed by atoms with Crippen molar-refractivity contribution in [2.75, 3.05) is 19.0 Å². The van der Waals surface area contributed by atoms with Gasteiger partial charge >= 0.3 is 0 Å². The summed E-state index contributed by atoms with van der Waals surface area (Å²) >= 11 is 1.83. The summed E-state index contributed by atoms with van der Waals surface area (Å²) in [4.78, 5) is 14.1. The summed E-state index contributed by atoms with van der Waals surface area (Å²) in [7, 11) is 0. The molecule has 0 N–H and O–H groups in total. The van der Waals surface area contributed by atoms with Crippen molar-refractivity contribution in [1.82, 2.24) is 0 Å². The molecule has 0 unspecified atom stereocenters. The van der Waals surface area contributed by atoms with Gasteiger partial charge in [-0.1, -0.05) is 174 Å². The zero-order valence-electron chi connectivity index (χ0n) is 32.6. The van der Waals surface area contributed by atoms with E-state index in [1.807, 2.05) is 60.3 Å². The lowest BCUT2D eigenvalue weighted by Crippen LogP contribution is -2.03. The van der Waals surface area contributed by atoms with Gasteiger partial charge in [-0.3, -0.25) is 4.79 Å². The molecular weight excluding hydrogens is 633 g/mol. The van der Waals surface area contributed by atoms with Gasteiger partial charge in [0, 0.05) is 10.5 Å². The lowest BCUT2D eigenvalue weighted by molar-refractivity contribution is 0.104. The van der Waals surface area contributed by atoms with Gasteiger partial charge in [-0.05, 0) is 73.1 Å². The molecule has 0 fully saturated rings. The van der Waals surface area contributed by atoms with Crippen LogP contribution in [0.15, 0.2) is 53.4 Å². The van der Waals surface area contributed by atoms with Gasteiger partial charge in [0.15, 0.2) is 17.3 Å². The van der Waals surface area contributed by atoms with Crippen molar-refractivity contribution < 1.29 is 14.3 Å². The van der Waals surface area contributed by atoms with Crippen LogP contribution >= 0.6 is 11.8 Å². The standard InChI is InChI=1S/C46H74O3S/c1-4-7-9-11-13-15-17-19-21-23-25-27-37-48-45-36-30-41(29-35-44(47)42-31-33-43(34-32-42)50-39-6-3)40-46(45)49-38-28-26-24-22-20-18-16-14-12-10-8-5-2/h29-36,40H,4-28,37-39H2,1-3H3/b35-29+. The van der Waals surface area contributed by atoms with Crippen molar-refractivity contribution in [3.63, 3.8) is 0 Å². The van der Waals surface area contributed by atoms with Crippen molar-refractivity contribution >= 4 is 23.6 Å². The molecule has 0 saturated heterocycles. The number of hydrogen-bond donors (Lipinski definition) is 0. The predicted octanol–water partition coefficient (Wildman–Crippen LogP) is 15.2. The minimum absolute atomic E-state index is 0.0169. The Morgan fingerprint density at radius 1 is 0.520 bits per heavy atom. The van der Waals surface area contributed by atoms with E-state index in [1.54, 1.807) is 6.08 Å². The summed E-state index contributed by atoms with van der Waals surface area (Å²) in [5, 5.41) is 0. The third-order valence-corrected chi connectivity index (χ3v) is 10.7. The van der Waals surface area contributed by atoms with Crippen LogP contribution in [0.2, 0.25) is 0 Å². The maximum Gasteiger partial charge on any atom is 0.185 e. The number of benzene rings is 2. The highest BCUT2D eigenvalue weighted by Gasteiger charge is 2.08. The Balaban J connectivity index is 1.78. The summed E-state index contributed by atoms with van der Waals surface area (Å²) in [6.45, 7) is 8.16. The Morgan fingerprint density at radius 3 is 1.42 bits per heavy atom. The average Bonchev–Trinajstić information content (AvgIpc) is 3.14. The molecule has 0 aliphatic rings. The van der Waals surface area contributed by atoms with Crippen molar-refractivity contribution in [2.24, 2.45) is 0 Å². The molecule has 3 nitrogen and oxygen atoms in total. The molecule has 2 aromatic rings. The van der Waals surface area contributed by atoms with Crippen LogP contribution in [0, 0.1) is 0 Å². The van der Waals surface area contributed by atoms with E-state index in [9.17, 15) is 4.79 Å². The van der Waals surface area contributed by atoms with Crippen LogP contribution in [0.4, 0.5) is 0 Å². The Bertz CT molecular complexity index is 1110. The van der Waals surface area contributed by atoms with Crippen molar-refractivity contribution in [2.45, 2.75) is 186 Å². The molecule has 0 radical (unpaired) electrons. The van der Waals surface area contributed by atoms with Crippen LogP contribution in [0.5, 0.6) is 11.5 Å². The first-order valence-electron chi connectivity index (χ1n) is 21.0. The quantitative estimate of drug-likeness (QED) is 0.0314. The maximum atomic E-state index is 12.9. The summed E-state index contributed by atoms with van der Waals surface area (Å²) < 4.78 is 12.6. The molecule has 50 heavy (non-hydrogen) atoms. The highest BCUT2D eigenvalue weighted by molar-refractivity contribution is 7.99. The van der Waals surface area contributed by atoms with E-state index in [-0.39, 0.29) is 5.78 Å². The molecule has 0 aliphatic carbocycles. The van der Waals surface area contributed by atoms with Crippen molar-refractivity contribution in [3.05, 3.63) is 59.7 Å². The maximum absolute atomic E-state index is 12.9. The third kappa shape index (κ3) is 22.6. The number of carbonyl (C=O) groups is 1. The van der Waals surface area contributed by atoms with Crippen LogP contribution in [0.1, 0.15) is 197 Å². The lowest BCUT2D eigenvalue weighted by atomic mass is 10.1. The van der Waals surface area contributed by atoms with Crippen LogP contribution in [0.3, 0.4) is 0 Å². The molecule has 0 saturated carbocycles. The molecule has 0 aromatic heterocycles. The van der Waals surface area contributed by atoms with E-state index in [0.29, 0.717) is 18.8 Å². The Hall–Kier alpha value is -2.20. The molecule has 0 bridgehead atoms. The molecule has 0 amide bonds. The largest absolute Gasteiger partial charge is 0.490 e. The topological polar surface area (TPSA) is 35.5 Å². The van der Waals surface area contributed by atoms with Gasteiger partial charge in [-0.15, -0.1) is 11.8 Å². The van der Waals surface area contributed by atoms with E-state index in [1.165, 1.54) is 146 Å². The zero-order chi connectivity index (χ0) is 35.7. The summed E-state index contributed by atoms with van der Waals surface area (Å²) in [5.41, 5.74) is 1.67. The van der Waals surface area contributed by atoms with Gasteiger partial charge in [0.05, 0.1) is 13.2 Å².